The van der Waals surface area contributed by atoms with E-state index in [1.807, 2.05) is 41.1 Å². The van der Waals surface area contributed by atoms with E-state index in [2.05, 4.69) is 19.9 Å². The molecule has 0 unspecified atom stereocenters. The predicted octanol–water partition coefficient (Wildman–Crippen LogP) is 4.18. The number of piperazine rings is 1. The summed E-state index contributed by atoms with van der Waals surface area (Å²) in [6, 6.07) is 14.2. The topological polar surface area (TPSA) is 40.1 Å². The first-order valence-electron chi connectivity index (χ1n) is 8.74. The third-order valence-corrected chi connectivity index (χ3v) is 5.27. The number of H-pyrrole nitrogens is 1. The van der Waals surface area contributed by atoms with Crippen LogP contribution in [0.4, 0.5) is 10.1 Å². The zero-order valence-electron chi connectivity index (χ0n) is 14.6. The summed E-state index contributed by atoms with van der Waals surface area (Å²) in [6.45, 7) is 4.23. The van der Waals surface area contributed by atoms with Gasteiger partial charge in [-0.2, -0.15) is 4.98 Å². The highest BCUT2D eigenvalue weighted by molar-refractivity contribution is 7.71. The number of hydrogen-bond acceptors (Lipinski definition) is 4. The van der Waals surface area contributed by atoms with Crippen LogP contribution in [0.2, 0.25) is 5.02 Å². The summed E-state index contributed by atoms with van der Waals surface area (Å²) in [6.07, 6.45) is 0. The molecule has 0 aliphatic carbocycles. The van der Waals surface area contributed by atoms with E-state index in [1.165, 1.54) is 12.1 Å². The third-order valence-electron chi connectivity index (χ3n) is 4.70. The Morgan fingerprint density at radius 2 is 1.67 bits per heavy atom. The molecule has 2 heterocycles. The van der Waals surface area contributed by atoms with E-state index in [0.29, 0.717) is 16.5 Å². The average molecular weight is 404 g/mol. The van der Waals surface area contributed by atoms with Crippen LogP contribution in [0.15, 0.2) is 48.5 Å². The monoisotopic (exact) mass is 403 g/mol. The van der Waals surface area contributed by atoms with Gasteiger partial charge in [-0.3, -0.25) is 10.00 Å². The molecule has 3 aromatic rings. The summed E-state index contributed by atoms with van der Waals surface area (Å²) >= 11 is 11.3. The maximum absolute atomic E-state index is 13.1. The Balaban J connectivity index is 1.40. The van der Waals surface area contributed by atoms with Crippen molar-refractivity contribution in [3.63, 3.8) is 0 Å². The number of anilines is 1. The minimum absolute atomic E-state index is 0.206. The van der Waals surface area contributed by atoms with Crippen LogP contribution in [0, 0.1) is 10.6 Å². The number of benzene rings is 2. The Hall–Kier alpha value is -2.22. The molecule has 0 saturated carbocycles. The lowest BCUT2D eigenvalue weighted by Crippen LogP contribution is -2.47. The van der Waals surface area contributed by atoms with Gasteiger partial charge in [-0.05, 0) is 60.7 Å². The van der Waals surface area contributed by atoms with Crippen molar-refractivity contribution in [3.05, 3.63) is 64.1 Å². The normalized spacial score (nSPS) is 15.3. The number of nitrogens with one attached hydrogen (secondary N) is 1. The Labute approximate surface area is 167 Å². The smallest absolute Gasteiger partial charge is 0.217 e. The fourth-order valence-corrected chi connectivity index (χ4v) is 3.51. The largest absolute Gasteiger partial charge is 0.369 e. The first-order valence-corrected chi connectivity index (χ1v) is 9.53. The molecule has 0 spiro atoms. The maximum Gasteiger partial charge on any atom is 0.217 e. The van der Waals surface area contributed by atoms with E-state index in [4.69, 9.17) is 23.8 Å². The summed E-state index contributed by atoms with van der Waals surface area (Å²) in [5, 5.41) is 3.97. The minimum Gasteiger partial charge on any atom is -0.369 e. The molecule has 5 nitrogen and oxygen atoms in total. The van der Waals surface area contributed by atoms with Gasteiger partial charge in [0.1, 0.15) is 5.82 Å². The molecule has 8 heteroatoms. The SMILES string of the molecule is Fc1ccc(N2CCN(Cn3[nH]c(-c4ccc(Cl)cc4)nc3=S)CC2)cc1. The van der Waals surface area contributed by atoms with E-state index in [1.54, 1.807) is 0 Å². The van der Waals surface area contributed by atoms with Gasteiger partial charge in [-0.25, -0.2) is 9.07 Å². The summed E-state index contributed by atoms with van der Waals surface area (Å²) in [5.41, 5.74) is 2.00. The molecule has 1 saturated heterocycles. The van der Waals surface area contributed by atoms with Crippen LogP contribution in [0.3, 0.4) is 0 Å². The van der Waals surface area contributed by atoms with Crippen LogP contribution in [0.5, 0.6) is 0 Å². The molecule has 1 fully saturated rings. The molecule has 1 aromatic heterocycles. The number of hydrogen-bond donors (Lipinski definition) is 1. The molecule has 0 bridgehead atoms. The van der Waals surface area contributed by atoms with Crippen molar-refractivity contribution in [2.45, 2.75) is 6.67 Å². The lowest BCUT2D eigenvalue weighted by molar-refractivity contribution is 0.194. The number of aromatic amines is 1. The Bertz CT molecular complexity index is 959. The lowest BCUT2D eigenvalue weighted by Gasteiger charge is -2.35. The Morgan fingerprint density at radius 3 is 2.33 bits per heavy atom. The van der Waals surface area contributed by atoms with Crippen molar-refractivity contribution in [1.82, 2.24) is 19.7 Å². The number of rotatable bonds is 4. The van der Waals surface area contributed by atoms with Crippen LogP contribution in [-0.2, 0) is 6.67 Å². The molecule has 27 heavy (non-hydrogen) atoms. The molecule has 4 rings (SSSR count). The van der Waals surface area contributed by atoms with Crippen molar-refractivity contribution >= 4 is 29.5 Å². The van der Waals surface area contributed by atoms with Crippen molar-refractivity contribution in [1.29, 1.82) is 0 Å². The van der Waals surface area contributed by atoms with Gasteiger partial charge in [0.2, 0.25) is 4.77 Å². The molecule has 0 atom stereocenters. The van der Waals surface area contributed by atoms with Gasteiger partial charge < -0.3 is 4.90 Å². The van der Waals surface area contributed by atoms with Crippen LogP contribution in [0.25, 0.3) is 11.4 Å². The van der Waals surface area contributed by atoms with Gasteiger partial charge in [0.05, 0.1) is 6.67 Å². The molecule has 0 amide bonds. The first-order chi connectivity index (χ1) is 13.1. The predicted molar refractivity (Wildman–Crippen MR) is 108 cm³/mol. The lowest BCUT2D eigenvalue weighted by atomic mass is 10.2. The number of aromatic nitrogens is 3. The standard InChI is InChI=1S/C19H19ClFN5S/c20-15-3-1-14(2-4-15)18-22-19(27)26(23-18)13-24-9-11-25(12-10-24)17-7-5-16(21)6-8-17/h1-8H,9-13H2,(H,22,23,27). The molecule has 1 aliphatic rings. The van der Waals surface area contributed by atoms with E-state index in [0.717, 1.165) is 43.3 Å². The van der Waals surface area contributed by atoms with Crippen LogP contribution in [-0.4, -0.2) is 45.8 Å². The highest BCUT2D eigenvalue weighted by Gasteiger charge is 2.18. The highest BCUT2D eigenvalue weighted by atomic mass is 35.5. The zero-order valence-corrected chi connectivity index (χ0v) is 16.2. The molecule has 1 aliphatic heterocycles. The first kappa shape index (κ1) is 18.2. The molecular weight excluding hydrogens is 385 g/mol. The molecule has 140 valence electrons. The molecular formula is C19H19ClFN5S. The van der Waals surface area contributed by atoms with Crippen molar-refractivity contribution in [3.8, 4) is 11.4 Å². The minimum atomic E-state index is -0.206. The van der Waals surface area contributed by atoms with Gasteiger partial charge in [-0.15, -0.1) is 0 Å². The number of nitrogens with zero attached hydrogens (tertiary/aromatic N) is 4. The van der Waals surface area contributed by atoms with Gasteiger partial charge in [0.15, 0.2) is 5.82 Å². The number of halogens is 2. The summed E-state index contributed by atoms with van der Waals surface area (Å²) in [4.78, 5) is 9.04. The average Bonchev–Trinajstić information content (AvgIpc) is 3.04. The van der Waals surface area contributed by atoms with Crippen molar-refractivity contribution in [2.75, 3.05) is 31.1 Å². The van der Waals surface area contributed by atoms with Gasteiger partial charge in [-0.1, -0.05) is 11.6 Å². The molecule has 1 N–H and O–H groups in total. The van der Waals surface area contributed by atoms with Crippen molar-refractivity contribution < 1.29 is 4.39 Å². The van der Waals surface area contributed by atoms with E-state index < -0.39 is 0 Å². The van der Waals surface area contributed by atoms with E-state index in [9.17, 15) is 4.39 Å². The fourth-order valence-electron chi connectivity index (χ4n) is 3.19. The van der Waals surface area contributed by atoms with Gasteiger partial charge >= 0.3 is 0 Å². The second-order valence-corrected chi connectivity index (χ2v) is 7.31. The zero-order chi connectivity index (χ0) is 18.8. The quantitative estimate of drug-likeness (QED) is 0.663. The third kappa shape index (κ3) is 4.21. The fraction of sp³-hybridized carbons (Fsp3) is 0.263. The van der Waals surface area contributed by atoms with E-state index >= 15 is 0 Å². The second kappa shape index (κ2) is 7.80. The Kier molecular flexibility index (Phi) is 5.24. The van der Waals surface area contributed by atoms with Crippen LogP contribution in [0.1, 0.15) is 0 Å². The maximum atomic E-state index is 13.1. The van der Waals surface area contributed by atoms with Crippen LogP contribution < -0.4 is 4.90 Å². The van der Waals surface area contributed by atoms with Crippen LogP contribution >= 0.6 is 23.8 Å². The van der Waals surface area contributed by atoms with E-state index in [-0.39, 0.29) is 5.82 Å². The van der Waals surface area contributed by atoms with Gasteiger partial charge in [0, 0.05) is 42.5 Å². The van der Waals surface area contributed by atoms with Gasteiger partial charge in [0.25, 0.3) is 0 Å². The summed E-state index contributed by atoms with van der Waals surface area (Å²) in [7, 11) is 0. The highest BCUT2D eigenvalue weighted by Crippen LogP contribution is 2.19. The molecule has 2 aromatic carbocycles. The molecule has 0 radical (unpaired) electrons. The summed E-state index contributed by atoms with van der Waals surface area (Å²) in [5.74, 6) is 0.532. The Morgan fingerprint density at radius 1 is 1.00 bits per heavy atom. The van der Waals surface area contributed by atoms with Crippen molar-refractivity contribution in [2.24, 2.45) is 0 Å². The summed E-state index contributed by atoms with van der Waals surface area (Å²) < 4.78 is 15.5. The second-order valence-electron chi connectivity index (χ2n) is 6.51.